The number of nitrogens with two attached hydrogens (primary N) is 1. The van der Waals surface area contributed by atoms with Crippen molar-refractivity contribution in [3.8, 4) is 0 Å². The highest BCUT2D eigenvalue weighted by molar-refractivity contribution is 5.95. The average Bonchev–Trinajstić information content (AvgIpc) is 2.54. The van der Waals surface area contributed by atoms with Gasteiger partial charge in [0.05, 0.1) is 17.3 Å². The molecule has 6 heteroatoms. The molecule has 0 saturated carbocycles. The minimum absolute atomic E-state index is 0. The number of anilines is 1. The molecule has 1 amide bonds. The van der Waals surface area contributed by atoms with Crippen LogP contribution in [0.3, 0.4) is 0 Å². The van der Waals surface area contributed by atoms with Crippen LogP contribution in [0.1, 0.15) is 71.7 Å². The average molecular weight is 361 g/mol. The van der Waals surface area contributed by atoms with E-state index >= 15 is 0 Å². The van der Waals surface area contributed by atoms with Gasteiger partial charge in [-0.25, -0.2) is 9.97 Å². The van der Waals surface area contributed by atoms with Gasteiger partial charge in [0.2, 0.25) is 0 Å². The van der Waals surface area contributed by atoms with Gasteiger partial charge in [0, 0.05) is 11.9 Å². The molecule has 25 heavy (non-hydrogen) atoms. The van der Waals surface area contributed by atoms with Gasteiger partial charge in [-0.2, -0.15) is 0 Å². The third kappa shape index (κ3) is 4.10. The van der Waals surface area contributed by atoms with Crippen molar-refractivity contribution in [3.63, 3.8) is 0 Å². The first kappa shape index (κ1) is 19.2. The van der Waals surface area contributed by atoms with Crippen molar-refractivity contribution in [2.75, 3.05) is 5.73 Å². The fraction of sp³-hybridized carbons (Fsp3) is 0.421. The molecule has 3 N–H and O–H groups in total. The molecule has 1 aromatic carbocycles. The Labute approximate surface area is 154 Å². The van der Waals surface area contributed by atoms with Crippen molar-refractivity contribution >= 4 is 24.0 Å². The number of hydrogen-bond acceptors (Lipinski definition) is 4. The normalized spacial score (nSPS) is 16.1. The van der Waals surface area contributed by atoms with Crippen molar-refractivity contribution in [1.29, 1.82) is 0 Å². The summed E-state index contributed by atoms with van der Waals surface area (Å²) in [6, 6.07) is 5.97. The van der Waals surface area contributed by atoms with Crippen molar-refractivity contribution < 1.29 is 4.79 Å². The van der Waals surface area contributed by atoms with Crippen LogP contribution in [0.4, 0.5) is 5.69 Å². The van der Waals surface area contributed by atoms with E-state index in [0.29, 0.717) is 11.4 Å². The predicted molar refractivity (Wildman–Crippen MR) is 102 cm³/mol. The summed E-state index contributed by atoms with van der Waals surface area (Å²) >= 11 is 0. The number of hydrogen-bond donors (Lipinski definition) is 2. The molecule has 1 aliphatic rings. The van der Waals surface area contributed by atoms with E-state index in [4.69, 9.17) is 5.73 Å². The lowest BCUT2D eigenvalue weighted by Crippen LogP contribution is -2.32. The molecule has 0 saturated heterocycles. The summed E-state index contributed by atoms with van der Waals surface area (Å²) in [7, 11) is 0. The number of aromatic nitrogens is 2. The van der Waals surface area contributed by atoms with Crippen molar-refractivity contribution in [3.05, 3.63) is 52.6 Å². The van der Waals surface area contributed by atoms with Crippen molar-refractivity contribution in [1.82, 2.24) is 15.3 Å². The molecule has 5 nitrogen and oxygen atoms in total. The highest BCUT2D eigenvalue weighted by Crippen LogP contribution is 2.31. The van der Waals surface area contributed by atoms with E-state index in [0.717, 1.165) is 30.6 Å². The fourth-order valence-electron chi connectivity index (χ4n) is 3.32. The first-order valence-corrected chi connectivity index (χ1v) is 8.48. The lowest BCUT2D eigenvalue weighted by atomic mass is 9.87. The predicted octanol–water partition coefficient (Wildman–Crippen LogP) is 3.72. The van der Waals surface area contributed by atoms with E-state index in [1.807, 2.05) is 39.0 Å². The molecular formula is C19H25ClN4O. The van der Waals surface area contributed by atoms with Gasteiger partial charge in [0.1, 0.15) is 5.82 Å². The van der Waals surface area contributed by atoms with E-state index in [-0.39, 0.29) is 30.3 Å². The van der Waals surface area contributed by atoms with Crippen LogP contribution < -0.4 is 11.1 Å². The SMILES string of the molecule is Cc1ncc(C(=O)NC2CCCc3cc(N)ccc32)c(C(C)C)n1.Cl. The number of benzene rings is 1. The van der Waals surface area contributed by atoms with E-state index in [1.54, 1.807) is 6.20 Å². The Morgan fingerprint density at radius 2 is 2.12 bits per heavy atom. The van der Waals surface area contributed by atoms with Crippen LogP contribution in [0.25, 0.3) is 0 Å². The first-order valence-electron chi connectivity index (χ1n) is 8.48. The third-order valence-corrected chi connectivity index (χ3v) is 4.52. The summed E-state index contributed by atoms with van der Waals surface area (Å²) in [5.74, 6) is 0.757. The van der Waals surface area contributed by atoms with Crippen LogP contribution in [0, 0.1) is 6.92 Å². The maximum atomic E-state index is 12.8. The quantitative estimate of drug-likeness (QED) is 0.817. The summed E-state index contributed by atoms with van der Waals surface area (Å²) in [5.41, 5.74) is 10.4. The monoisotopic (exact) mass is 360 g/mol. The van der Waals surface area contributed by atoms with Crippen LogP contribution in [-0.2, 0) is 6.42 Å². The highest BCUT2D eigenvalue weighted by Gasteiger charge is 2.24. The second-order valence-corrected chi connectivity index (χ2v) is 6.75. The molecule has 0 bridgehead atoms. The van der Waals surface area contributed by atoms with Crippen molar-refractivity contribution in [2.45, 2.75) is 52.0 Å². The summed E-state index contributed by atoms with van der Waals surface area (Å²) in [4.78, 5) is 21.5. The molecule has 0 radical (unpaired) electrons. The maximum Gasteiger partial charge on any atom is 0.255 e. The molecule has 1 aromatic heterocycles. The summed E-state index contributed by atoms with van der Waals surface area (Å²) in [6.45, 7) is 5.92. The summed E-state index contributed by atoms with van der Waals surface area (Å²) in [5, 5.41) is 3.17. The number of fused-ring (bicyclic) bond motifs is 1. The largest absolute Gasteiger partial charge is 0.399 e. The number of carbonyl (C=O) groups is 1. The molecule has 1 heterocycles. The zero-order valence-corrected chi connectivity index (χ0v) is 15.7. The fourth-order valence-corrected chi connectivity index (χ4v) is 3.32. The molecule has 0 aliphatic heterocycles. The number of halogens is 1. The lowest BCUT2D eigenvalue weighted by Gasteiger charge is -2.27. The van der Waals surface area contributed by atoms with E-state index < -0.39 is 0 Å². The van der Waals surface area contributed by atoms with Gasteiger partial charge in [-0.05, 0) is 55.4 Å². The minimum atomic E-state index is -0.103. The molecule has 0 spiro atoms. The molecule has 3 rings (SSSR count). The second kappa shape index (κ2) is 7.83. The van der Waals surface area contributed by atoms with Gasteiger partial charge in [-0.15, -0.1) is 12.4 Å². The zero-order chi connectivity index (χ0) is 17.3. The number of amides is 1. The molecular weight excluding hydrogens is 336 g/mol. The lowest BCUT2D eigenvalue weighted by molar-refractivity contribution is 0.0930. The third-order valence-electron chi connectivity index (χ3n) is 4.52. The molecule has 2 aromatic rings. The number of nitrogen functional groups attached to an aromatic ring is 1. The van der Waals surface area contributed by atoms with Crippen LogP contribution in [-0.4, -0.2) is 15.9 Å². The van der Waals surface area contributed by atoms with Crippen LogP contribution in [0.2, 0.25) is 0 Å². The Morgan fingerprint density at radius 1 is 1.36 bits per heavy atom. The summed E-state index contributed by atoms with van der Waals surface area (Å²) in [6.07, 6.45) is 4.63. The number of carbonyl (C=O) groups excluding carboxylic acids is 1. The van der Waals surface area contributed by atoms with E-state index in [9.17, 15) is 4.79 Å². The molecule has 1 unspecified atom stereocenters. The maximum absolute atomic E-state index is 12.8. The topological polar surface area (TPSA) is 80.9 Å². The van der Waals surface area contributed by atoms with Gasteiger partial charge in [0.15, 0.2) is 0 Å². The Bertz CT molecular complexity index is 776. The number of rotatable bonds is 3. The summed E-state index contributed by atoms with van der Waals surface area (Å²) < 4.78 is 0. The number of nitrogens with one attached hydrogen (secondary N) is 1. The Kier molecular flexibility index (Phi) is 6.01. The van der Waals surface area contributed by atoms with Crippen molar-refractivity contribution in [2.24, 2.45) is 0 Å². The standard InChI is InChI=1S/C19H24N4O.ClH/c1-11(2)18-16(10-21-12(3)22-18)19(24)23-17-6-4-5-13-9-14(20)7-8-15(13)17;/h7-11,17H,4-6,20H2,1-3H3,(H,23,24);1H. The van der Waals surface area contributed by atoms with Gasteiger partial charge in [-0.3, -0.25) is 4.79 Å². The van der Waals surface area contributed by atoms with Crippen LogP contribution in [0.5, 0.6) is 0 Å². The Hall–Kier alpha value is -2.14. The highest BCUT2D eigenvalue weighted by atomic mass is 35.5. The second-order valence-electron chi connectivity index (χ2n) is 6.75. The van der Waals surface area contributed by atoms with Gasteiger partial charge in [-0.1, -0.05) is 19.9 Å². The Morgan fingerprint density at radius 3 is 2.84 bits per heavy atom. The number of aryl methyl sites for hydroxylation is 2. The van der Waals surface area contributed by atoms with Gasteiger partial charge < -0.3 is 11.1 Å². The number of nitrogens with zero attached hydrogens (tertiary/aromatic N) is 2. The van der Waals surface area contributed by atoms with Gasteiger partial charge >= 0.3 is 0 Å². The Balaban J connectivity index is 0.00000225. The van der Waals surface area contributed by atoms with Crippen LogP contribution in [0.15, 0.2) is 24.4 Å². The molecule has 1 atom stereocenters. The van der Waals surface area contributed by atoms with E-state index in [2.05, 4.69) is 15.3 Å². The minimum Gasteiger partial charge on any atom is -0.399 e. The first-order chi connectivity index (χ1) is 11.5. The van der Waals surface area contributed by atoms with E-state index in [1.165, 1.54) is 11.1 Å². The van der Waals surface area contributed by atoms with Crippen LogP contribution >= 0.6 is 12.4 Å². The molecule has 134 valence electrons. The van der Waals surface area contributed by atoms with Gasteiger partial charge in [0.25, 0.3) is 5.91 Å². The smallest absolute Gasteiger partial charge is 0.255 e. The molecule has 1 aliphatic carbocycles. The molecule has 0 fully saturated rings. The zero-order valence-electron chi connectivity index (χ0n) is 14.9.